The molecule has 4 nitrogen and oxygen atoms in total. The Morgan fingerprint density at radius 2 is 0.915 bits per heavy atom. The smallest absolute Gasteiger partial charge is 0.128 e. The summed E-state index contributed by atoms with van der Waals surface area (Å²) in [6.45, 7) is 0. The van der Waals surface area contributed by atoms with Gasteiger partial charge in [0.2, 0.25) is 0 Å². The van der Waals surface area contributed by atoms with Crippen LogP contribution in [0.2, 0.25) is 0 Å². The van der Waals surface area contributed by atoms with Crippen LogP contribution in [0, 0.1) is 0 Å². The molecule has 0 aliphatic rings. The SMILES string of the molecule is [B]c1ccccc1Oc1cc(-c2ccc(-c3cccc(-n4c5ccccc5c5ccccc54)c3)cc2O)cc(-c2ccccc2-n2c3ccccc3c3ccccc32)c1. The van der Waals surface area contributed by atoms with Crippen LogP contribution < -0.4 is 10.2 Å². The van der Waals surface area contributed by atoms with E-state index in [4.69, 9.17) is 12.6 Å². The zero-order chi connectivity index (χ0) is 39.5. The molecule has 1 N–H and O–H groups in total. The monoisotopic (exact) mass is 754 g/mol. The maximum absolute atomic E-state index is 11.9. The van der Waals surface area contributed by atoms with Crippen molar-refractivity contribution in [2.24, 2.45) is 0 Å². The van der Waals surface area contributed by atoms with Crippen LogP contribution in [0.15, 0.2) is 206 Å². The first-order valence-electron chi connectivity index (χ1n) is 19.8. The molecule has 276 valence electrons. The van der Waals surface area contributed by atoms with Crippen LogP contribution in [-0.2, 0) is 0 Å². The molecule has 5 heteroatoms. The highest BCUT2D eigenvalue weighted by Crippen LogP contribution is 2.42. The Morgan fingerprint density at radius 1 is 0.390 bits per heavy atom. The number of aromatic nitrogens is 2. The minimum atomic E-state index is 0.169. The number of benzene rings is 9. The fourth-order valence-corrected chi connectivity index (χ4v) is 8.74. The van der Waals surface area contributed by atoms with Gasteiger partial charge in [0.05, 0.1) is 27.8 Å². The van der Waals surface area contributed by atoms with Crippen LogP contribution in [0.5, 0.6) is 17.2 Å². The van der Waals surface area contributed by atoms with E-state index < -0.39 is 0 Å². The molecule has 0 atom stereocenters. The summed E-state index contributed by atoms with van der Waals surface area (Å²) in [5, 5.41) is 16.7. The van der Waals surface area contributed by atoms with Crippen molar-refractivity contribution < 1.29 is 9.84 Å². The van der Waals surface area contributed by atoms with Gasteiger partial charge in [0.1, 0.15) is 25.1 Å². The van der Waals surface area contributed by atoms with Gasteiger partial charge in [-0.15, -0.1) is 0 Å². The Balaban J connectivity index is 1.04. The number of phenols is 1. The highest BCUT2D eigenvalue weighted by atomic mass is 16.5. The fraction of sp³-hybridized carbons (Fsp3) is 0. The Kier molecular flexibility index (Phi) is 8.19. The van der Waals surface area contributed by atoms with Crippen molar-refractivity contribution in [1.82, 2.24) is 9.13 Å². The van der Waals surface area contributed by atoms with E-state index in [1.807, 2.05) is 48.5 Å². The highest BCUT2D eigenvalue weighted by Gasteiger charge is 2.18. The summed E-state index contributed by atoms with van der Waals surface area (Å²) in [6.07, 6.45) is 0. The van der Waals surface area contributed by atoms with Crippen molar-refractivity contribution in [3.63, 3.8) is 0 Å². The largest absolute Gasteiger partial charge is 0.507 e. The Bertz CT molecular complexity index is 3310. The number of para-hydroxylation sites is 6. The van der Waals surface area contributed by atoms with Crippen molar-refractivity contribution in [2.45, 2.75) is 0 Å². The van der Waals surface area contributed by atoms with E-state index in [-0.39, 0.29) is 5.75 Å². The van der Waals surface area contributed by atoms with E-state index in [1.54, 1.807) is 0 Å². The van der Waals surface area contributed by atoms with Crippen LogP contribution in [0.1, 0.15) is 0 Å². The van der Waals surface area contributed by atoms with Crippen molar-refractivity contribution >= 4 is 56.9 Å². The van der Waals surface area contributed by atoms with Crippen LogP contribution >= 0.6 is 0 Å². The third-order valence-corrected chi connectivity index (χ3v) is 11.4. The van der Waals surface area contributed by atoms with Gasteiger partial charge < -0.3 is 19.0 Å². The van der Waals surface area contributed by atoms with Gasteiger partial charge in [0.15, 0.2) is 0 Å². The molecule has 59 heavy (non-hydrogen) atoms. The van der Waals surface area contributed by atoms with Crippen molar-refractivity contribution in [3.05, 3.63) is 206 Å². The zero-order valence-electron chi connectivity index (χ0n) is 32.0. The molecule has 11 aromatic rings. The molecule has 0 aliphatic carbocycles. The van der Waals surface area contributed by atoms with E-state index >= 15 is 0 Å². The molecule has 2 heterocycles. The molecule has 2 aromatic heterocycles. The second kappa shape index (κ2) is 14.0. The van der Waals surface area contributed by atoms with Gasteiger partial charge in [-0.1, -0.05) is 139 Å². The summed E-state index contributed by atoms with van der Waals surface area (Å²) in [5.41, 5.74) is 12.6. The second-order valence-electron chi connectivity index (χ2n) is 14.9. The summed E-state index contributed by atoms with van der Waals surface area (Å²) < 4.78 is 11.2. The number of hydrogen-bond donors (Lipinski definition) is 1. The molecule has 0 spiro atoms. The van der Waals surface area contributed by atoms with Gasteiger partial charge in [0, 0.05) is 38.4 Å². The quantitative estimate of drug-likeness (QED) is 0.165. The standard InChI is InChI=1S/C54H35BN2O2/c55-47-21-6-12-27-54(47)59-40-32-37(41-16-1-7-22-48(41)57-51-25-10-4-19-45(51)46-20-5-11-26-52(46)57)30-38(33-40)42-29-28-36(34-53(42)58)35-14-13-15-39(31-35)56-49-23-8-2-17-43(49)44-18-3-9-24-50(44)56/h1-34,58H. The second-order valence-corrected chi connectivity index (χ2v) is 14.9. The lowest BCUT2D eigenvalue weighted by atomic mass is 9.94. The van der Waals surface area contributed by atoms with Crippen molar-refractivity contribution in [1.29, 1.82) is 0 Å². The number of aromatic hydroxyl groups is 1. The van der Waals surface area contributed by atoms with Gasteiger partial charge in [-0.25, -0.2) is 0 Å². The summed E-state index contributed by atoms with van der Waals surface area (Å²) >= 11 is 0. The minimum Gasteiger partial charge on any atom is -0.507 e. The van der Waals surface area contributed by atoms with E-state index in [9.17, 15) is 5.11 Å². The molecule has 0 saturated carbocycles. The number of rotatable bonds is 7. The van der Waals surface area contributed by atoms with E-state index in [1.165, 1.54) is 21.5 Å². The van der Waals surface area contributed by atoms with Gasteiger partial charge in [0.25, 0.3) is 0 Å². The summed E-state index contributed by atoms with van der Waals surface area (Å²) in [7, 11) is 6.38. The third kappa shape index (κ3) is 5.86. The predicted octanol–water partition coefficient (Wildman–Crippen LogP) is 13.2. The maximum Gasteiger partial charge on any atom is 0.128 e. The van der Waals surface area contributed by atoms with Gasteiger partial charge in [-0.3, -0.25) is 0 Å². The van der Waals surface area contributed by atoms with E-state index in [0.717, 1.165) is 61.3 Å². The summed E-state index contributed by atoms with van der Waals surface area (Å²) in [6, 6.07) is 70.6. The Labute approximate surface area is 342 Å². The normalized spacial score (nSPS) is 11.5. The number of hydrogen-bond acceptors (Lipinski definition) is 2. The molecule has 2 radical (unpaired) electrons. The molecule has 11 rings (SSSR count). The summed E-state index contributed by atoms with van der Waals surface area (Å²) in [5.74, 6) is 1.34. The average molecular weight is 755 g/mol. The number of phenolic OH excluding ortho intramolecular Hbond substituents is 1. The maximum atomic E-state index is 11.9. The Hall–Kier alpha value is -7.76. The van der Waals surface area contributed by atoms with Gasteiger partial charge in [-0.05, 0) is 95.1 Å². The van der Waals surface area contributed by atoms with Gasteiger partial charge >= 0.3 is 0 Å². The molecule has 0 aliphatic heterocycles. The molecule has 0 fully saturated rings. The van der Waals surface area contributed by atoms with Crippen molar-refractivity contribution in [3.8, 4) is 62.0 Å². The van der Waals surface area contributed by atoms with E-state index in [2.05, 4.69) is 167 Å². The average Bonchev–Trinajstić information content (AvgIpc) is 3.80. The Morgan fingerprint density at radius 3 is 1.54 bits per heavy atom. The van der Waals surface area contributed by atoms with Crippen LogP contribution in [-0.4, -0.2) is 22.1 Å². The lowest BCUT2D eigenvalue weighted by molar-refractivity contribution is 0.477. The lowest BCUT2D eigenvalue weighted by Gasteiger charge is -2.17. The lowest BCUT2D eigenvalue weighted by Crippen LogP contribution is -2.05. The number of ether oxygens (including phenoxy) is 1. The highest BCUT2D eigenvalue weighted by molar-refractivity contribution is 6.34. The molecule has 0 bridgehead atoms. The number of fused-ring (bicyclic) bond motifs is 6. The zero-order valence-corrected chi connectivity index (χ0v) is 32.0. The molecule has 0 unspecified atom stereocenters. The minimum absolute atomic E-state index is 0.169. The first-order chi connectivity index (χ1) is 29.1. The number of nitrogens with zero attached hydrogens (tertiary/aromatic N) is 2. The molecule has 9 aromatic carbocycles. The topological polar surface area (TPSA) is 39.3 Å². The first kappa shape index (κ1) is 34.5. The summed E-state index contributed by atoms with van der Waals surface area (Å²) in [4.78, 5) is 0. The van der Waals surface area contributed by atoms with Crippen LogP contribution in [0.25, 0.3) is 88.4 Å². The van der Waals surface area contributed by atoms with Crippen LogP contribution in [0.4, 0.5) is 0 Å². The first-order valence-corrected chi connectivity index (χ1v) is 19.8. The van der Waals surface area contributed by atoms with Gasteiger partial charge in [-0.2, -0.15) is 0 Å². The molecular formula is C54H35BN2O2. The molecule has 0 amide bonds. The fourth-order valence-electron chi connectivity index (χ4n) is 8.74. The molecule has 0 saturated heterocycles. The third-order valence-electron chi connectivity index (χ3n) is 11.4. The van der Waals surface area contributed by atoms with E-state index in [0.29, 0.717) is 22.5 Å². The van der Waals surface area contributed by atoms with Crippen LogP contribution in [0.3, 0.4) is 0 Å². The predicted molar refractivity (Wildman–Crippen MR) is 245 cm³/mol. The van der Waals surface area contributed by atoms with Crippen molar-refractivity contribution in [2.75, 3.05) is 0 Å². The molecular weight excluding hydrogens is 719 g/mol.